The molecule has 90 valence electrons. The summed E-state index contributed by atoms with van der Waals surface area (Å²) in [7, 11) is 0. The van der Waals surface area contributed by atoms with Gasteiger partial charge in [-0.15, -0.1) is 0 Å². The van der Waals surface area contributed by atoms with Gasteiger partial charge in [0.15, 0.2) is 11.3 Å². The van der Waals surface area contributed by atoms with E-state index >= 15 is 0 Å². The molecule has 2 N–H and O–H groups in total. The zero-order valence-electron chi connectivity index (χ0n) is 9.44. The Labute approximate surface area is 92.9 Å². The number of carbonyl (C=O) groups excluding carboxylic acids is 1. The standard InChI is InChI=1S/C10H15NO5/c1-5-6-10(8(13)14,11-7(5)12)4-15-9(2,3)16-6/h5-6H,4H2,1-3H3,(H,11,12)(H,13,14)/t5-,6+,10+/m1/s1. The Morgan fingerprint density at radius 3 is 2.75 bits per heavy atom. The molecule has 0 radical (unpaired) electrons. The minimum Gasteiger partial charge on any atom is -0.479 e. The third-order valence-corrected chi connectivity index (χ3v) is 3.14. The summed E-state index contributed by atoms with van der Waals surface area (Å²) < 4.78 is 10.9. The first-order valence-electron chi connectivity index (χ1n) is 5.16. The molecule has 6 heteroatoms. The van der Waals surface area contributed by atoms with Crippen molar-refractivity contribution in [2.24, 2.45) is 5.92 Å². The van der Waals surface area contributed by atoms with E-state index in [1.54, 1.807) is 20.8 Å². The lowest BCUT2D eigenvalue weighted by atomic mass is 9.89. The van der Waals surface area contributed by atoms with Crippen molar-refractivity contribution in [2.75, 3.05) is 6.61 Å². The van der Waals surface area contributed by atoms with E-state index in [9.17, 15) is 14.7 Å². The fourth-order valence-electron chi connectivity index (χ4n) is 2.15. The number of amides is 1. The highest BCUT2D eigenvalue weighted by atomic mass is 16.7. The molecule has 0 aromatic carbocycles. The molecule has 0 aromatic rings. The lowest BCUT2D eigenvalue weighted by Crippen LogP contribution is -2.65. The summed E-state index contributed by atoms with van der Waals surface area (Å²) in [6, 6.07) is 0. The van der Waals surface area contributed by atoms with Gasteiger partial charge in [-0.1, -0.05) is 6.92 Å². The van der Waals surface area contributed by atoms with Crippen LogP contribution in [0.2, 0.25) is 0 Å². The van der Waals surface area contributed by atoms with Crippen molar-refractivity contribution >= 4 is 11.9 Å². The summed E-state index contributed by atoms with van der Waals surface area (Å²) in [5, 5.41) is 11.7. The van der Waals surface area contributed by atoms with Crippen molar-refractivity contribution in [1.82, 2.24) is 5.32 Å². The maximum atomic E-state index is 11.6. The van der Waals surface area contributed by atoms with Gasteiger partial charge >= 0.3 is 5.97 Å². The SMILES string of the molecule is C[C@H]1C(=O)N[C@@]2(C(=O)O)COC(C)(C)O[C@@H]12. The van der Waals surface area contributed by atoms with Gasteiger partial charge in [-0.25, -0.2) is 4.79 Å². The second kappa shape index (κ2) is 3.18. The quantitative estimate of drug-likeness (QED) is 0.646. The monoisotopic (exact) mass is 229 g/mol. The van der Waals surface area contributed by atoms with Gasteiger partial charge in [0.05, 0.1) is 12.5 Å². The highest BCUT2D eigenvalue weighted by Crippen LogP contribution is 2.37. The van der Waals surface area contributed by atoms with Crippen LogP contribution in [-0.2, 0) is 19.1 Å². The van der Waals surface area contributed by atoms with Gasteiger partial charge in [-0.05, 0) is 13.8 Å². The molecular weight excluding hydrogens is 214 g/mol. The number of fused-ring (bicyclic) bond motifs is 1. The molecule has 0 aliphatic carbocycles. The molecule has 3 atom stereocenters. The number of carboxylic acids is 1. The average Bonchev–Trinajstić information content (AvgIpc) is 2.41. The average molecular weight is 229 g/mol. The number of rotatable bonds is 1. The summed E-state index contributed by atoms with van der Waals surface area (Å²) in [6.45, 7) is 4.99. The highest BCUT2D eigenvalue weighted by Gasteiger charge is 2.62. The number of carbonyl (C=O) groups is 2. The highest BCUT2D eigenvalue weighted by molar-refractivity contribution is 5.94. The number of aliphatic carboxylic acids is 1. The predicted molar refractivity (Wildman–Crippen MR) is 52.6 cm³/mol. The van der Waals surface area contributed by atoms with Crippen LogP contribution in [0.1, 0.15) is 20.8 Å². The summed E-state index contributed by atoms with van der Waals surface area (Å²) in [6.07, 6.45) is -0.693. The van der Waals surface area contributed by atoms with E-state index in [-0.39, 0.29) is 12.5 Å². The minimum atomic E-state index is -1.44. The van der Waals surface area contributed by atoms with Gasteiger partial charge in [-0.3, -0.25) is 4.79 Å². The van der Waals surface area contributed by atoms with Crippen LogP contribution in [0.5, 0.6) is 0 Å². The fourth-order valence-corrected chi connectivity index (χ4v) is 2.15. The molecule has 0 saturated carbocycles. The van der Waals surface area contributed by atoms with Gasteiger partial charge in [0.25, 0.3) is 0 Å². The van der Waals surface area contributed by atoms with Crippen molar-refractivity contribution in [2.45, 2.75) is 38.2 Å². The van der Waals surface area contributed by atoms with Gasteiger partial charge in [-0.2, -0.15) is 0 Å². The second-order valence-electron chi connectivity index (χ2n) is 4.78. The summed E-state index contributed by atoms with van der Waals surface area (Å²) in [4.78, 5) is 22.8. The molecule has 2 rings (SSSR count). The van der Waals surface area contributed by atoms with Crippen LogP contribution >= 0.6 is 0 Å². The summed E-state index contributed by atoms with van der Waals surface area (Å²) >= 11 is 0. The third-order valence-electron chi connectivity index (χ3n) is 3.14. The van der Waals surface area contributed by atoms with Crippen LogP contribution in [-0.4, -0.2) is 41.0 Å². The van der Waals surface area contributed by atoms with Crippen molar-refractivity contribution in [3.63, 3.8) is 0 Å². The van der Waals surface area contributed by atoms with E-state index in [4.69, 9.17) is 9.47 Å². The number of hydrogen-bond donors (Lipinski definition) is 2. The first kappa shape index (κ1) is 11.3. The van der Waals surface area contributed by atoms with E-state index in [0.29, 0.717) is 0 Å². The molecule has 0 bridgehead atoms. The Balaban J connectivity index is 2.37. The van der Waals surface area contributed by atoms with Gasteiger partial charge in [0.1, 0.15) is 6.10 Å². The molecule has 2 aliphatic rings. The number of ether oxygens (including phenoxy) is 2. The molecular formula is C10H15NO5. The van der Waals surface area contributed by atoms with Crippen molar-refractivity contribution in [1.29, 1.82) is 0 Å². The van der Waals surface area contributed by atoms with Crippen molar-refractivity contribution in [3.8, 4) is 0 Å². The second-order valence-corrected chi connectivity index (χ2v) is 4.78. The minimum absolute atomic E-state index is 0.0733. The maximum absolute atomic E-state index is 11.6. The number of nitrogens with one attached hydrogen (secondary N) is 1. The molecule has 0 aromatic heterocycles. The molecule has 6 nitrogen and oxygen atoms in total. The molecule has 0 spiro atoms. The smallest absolute Gasteiger partial charge is 0.334 e. The van der Waals surface area contributed by atoms with Crippen molar-refractivity contribution < 1.29 is 24.2 Å². The first-order valence-corrected chi connectivity index (χ1v) is 5.16. The van der Waals surface area contributed by atoms with Gasteiger partial charge in [0, 0.05) is 0 Å². The summed E-state index contributed by atoms with van der Waals surface area (Å²) in [5.41, 5.74) is -1.44. The maximum Gasteiger partial charge on any atom is 0.334 e. The van der Waals surface area contributed by atoms with Crippen LogP contribution < -0.4 is 5.32 Å². The fraction of sp³-hybridized carbons (Fsp3) is 0.800. The van der Waals surface area contributed by atoms with Crippen LogP contribution in [0, 0.1) is 5.92 Å². The molecule has 2 saturated heterocycles. The largest absolute Gasteiger partial charge is 0.479 e. The van der Waals surface area contributed by atoms with Crippen molar-refractivity contribution in [3.05, 3.63) is 0 Å². The number of carboxylic acid groups (broad SMARTS) is 1. The first-order chi connectivity index (χ1) is 7.28. The van der Waals surface area contributed by atoms with Crippen LogP contribution in [0.25, 0.3) is 0 Å². The lowest BCUT2D eigenvalue weighted by molar-refractivity contribution is -0.297. The Morgan fingerprint density at radius 1 is 1.56 bits per heavy atom. The Bertz CT molecular complexity index is 353. The Kier molecular flexibility index (Phi) is 2.25. The molecule has 2 heterocycles. The van der Waals surface area contributed by atoms with Crippen LogP contribution in [0.3, 0.4) is 0 Å². The topological polar surface area (TPSA) is 84.9 Å². The van der Waals surface area contributed by atoms with E-state index in [2.05, 4.69) is 5.32 Å². The molecule has 2 aliphatic heterocycles. The zero-order valence-corrected chi connectivity index (χ0v) is 9.44. The van der Waals surface area contributed by atoms with E-state index in [1.807, 2.05) is 0 Å². The molecule has 16 heavy (non-hydrogen) atoms. The van der Waals surface area contributed by atoms with Gasteiger partial charge < -0.3 is 19.9 Å². The normalized spacial score (nSPS) is 41.3. The molecule has 2 fully saturated rings. The zero-order chi connectivity index (χ0) is 12.1. The van der Waals surface area contributed by atoms with Gasteiger partial charge in [0.2, 0.25) is 5.91 Å². The summed E-state index contributed by atoms with van der Waals surface area (Å²) in [5.74, 6) is -2.77. The van der Waals surface area contributed by atoms with E-state index in [0.717, 1.165) is 0 Å². The Morgan fingerprint density at radius 2 is 2.19 bits per heavy atom. The van der Waals surface area contributed by atoms with Crippen LogP contribution in [0.4, 0.5) is 0 Å². The Hall–Kier alpha value is -1.14. The lowest BCUT2D eigenvalue weighted by Gasteiger charge is -2.43. The molecule has 1 amide bonds. The molecule has 0 unspecified atom stereocenters. The number of hydrogen-bond acceptors (Lipinski definition) is 4. The third kappa shape index (κ3) is 1.41. The van der Waals surface area contributed by atoms with E-state index in [1.165, 1.54) is 0 Å². The van der Waals surface area contributed by atoms with Crippen LogP contribution in [0.15, 0.2) is 0 Å². The predicted octanol–water partition coefficient (Wildman–Crippen LogP) is -0.273. The van der Waals surface area contributed by atoms with E-state index < -0.39 is 29.3 Å².